The van der Waals surface area contributed by atoms with Crippen LogP contribution in [0, 0.1) is 6.92 Å². The van der Waals surface area contributed by atoms with Crippen LogP contribution in [-0.4, -0.2) is 59.6 Å². The molecule has 0 spiro atoms. The van der Waals surface area contributed by atoms with Gasteiger partial charge in [-0.3, -0.25) is 4.90 Å². The Labute approximate surface area is 167 Å². The van der Waals surface area contributed by atoms with E-state index in [0.717, 1.165) is 38.2 Å². The molecule has 1 aromatic carbocycles. The molecule has 0 amide bonds. The molecule has 0 unspecified atom stereocenters. The van der Waals surface area contributed by atoms with Crippen molar-refractivity contribution in [1.82, 2.24) is 15.1 Å². The SMILES string of the molecule is Cc1nnc(N2CCN(Cc3ccc(B4OC(C)(C)C(C)(C)O4)cc3)CC2)o1. The van der Waals surface area contributed by atoms with E-state index in [2.05, 4.69) is 72.0 Å². The smallest absolute Gasteiger partial charge is 0.408 e. The molecule has 2 aliphatic rings. The fraction of sp³-hybridized carbons (Fsp3) is 0.600. The van der Waals surface area contributed by atoms with Gasteiger partial charge < -0.3 is 18.6 Å². The molecule has 0 bridgehead atoms. The minimum atomic E-state index is -0.313. The molecule has 0 aliphatic carbocycles. The molecule has 8 heteroatoms. The lowest BCUT2D eigenvalue weighted by Gasteiger charge is -2.33. The summed E-state index contributed by atoms with van der Waals surface area (Å²) in [6.07, 6.45) is 0. The Balaban J connectivity index is 1.32. The molecule has 0 saturated carbocycles. The predicted molar refractivity (Wildman–Crippen MR) is 109 cm³/mol. The minimum absolute atomic E-state index is 0.305. The highest BCUT2D eigenvalue weighted by atomic mass is 16.7. The molecule has 150 valence electrons. The number of aryl methyl sites for hydroxylation is 1. The Morgan fingerprint density at radius 3 is 2.07 bits per heavy atom. The molecule has 0 atom stereocenters. The lowest BCUT2D eigenvalue weighted by atomic mass is 9.79. The number of hydrogen-bond acceptors (Lipinski definition) is 7. The Bertz CT molecular complexity index is 797. The number of rotatable bonds is 4. The van der Waals surface area contributed by atoms with Crippen LogP contribution < -0.4 is 10.4 Å². The number of benzene rings is 1. The van der Waals surface area contributed by atoms with Crippen molar-refractivity contribution in [2.24, 2.45) is 0 Å². The molecular formula is C20H29BN4O3. The Kier molecular flexibility index (Phi) is 4.97. The molecule has 0 radical (unpaired) electrons. The van der Waals surface area contributed by atoms with E-state index in [1.54, 1.807) is 0 Å². The van der Waals surface area contributed by atoms with E-state index in [0.29, 0.717) is 11.9 Å². The van der Waals surface area contributed by atoms with E-state index < -0.39 is 0 Å². The van der Waals surface area contributed by atoms with Gasteiger partial charge in [0.05, 0.1) is 11.2 Å². The zero-order valence-corrected chi connectivity index (χ0v) is 17.4. The second-order valence-electron chi connectivity index (χ2n) is 8.70. The van der Waals surface area contributed by atoms with Crippen molar-refractivity contribution >= 4 is 18.6 Å². The van der Waals surface area contributed by atoms with Crippen LogP contribution in [0.4, 0.5) is 6.01 Å². The standard InChI is InChI=1S/C20H29BN4O3/c1-15-22-23-18(26-15)25-12-10-24(11-13-25)14-16-6-8-17(9-7-16)21-27-19(2,3)20(4,5)28-21/h6-9H,10-14H2,1-5H3. The van der Waals surface area contributed by atoms with Crippen molar-refractivity contribution in [1.29, 1.82) is 0 Å². The molecule has 28 heavy (non-hydrogen) atoms. The summed E-state index contributed by atoms with van der Waals surface area (Å²) in [6.45, 7) is 14.8. The quantitative estimate of drug-likeness (QED) is 0.747. The summed E-state index contributed by atoms with van der Waals surface area (Å²) < 4.78 is 17.8. The summed E-state index contributed by atoms with van der Waals surface area (Å²) in [4.78, 5) is 4.60. The van der Waals surface area contributed by atoms with Crippen LogP contribution in [0.5, 0.6) is 0 Å². The average Bonchev–Trinajstić information content (AvgIpc) is 3.17. The van der Waals surface area contributed by atoms with Gasteiger partial charge in [0.25, 0.3) is 0 Å². The fourth-order valence-corrected chi connectivity index (χ4v) is 3.53. The first kappa shape index (κ1) is 19.4. The summed E-state index contributed by atoms with van der Waals surface area (Å²) in [5, 5.41) is 8.03. The first-order valence-corrected chi connectivity index (χ1v) is 9.95. The number of anilines is 1. The molecule has 4 rings (SSSR count). The van der Waals surface area contributed by atoms with Crippen molar-refractivity contribution in [2.45, 2.75) is 52.4 Å². The minimum Gasteiger partial charge on any atom is -0.408 e. The molecule has 2 aliphatic heterocycles. The zero-order valence-electron chi connectivity index (χ0n) is 17.4. The third-order valence-electron chi connectivity index (χ3n) is 6.07. The number of hydrogen-bond donors (Lipinski definition) is 0. The van der Waals surface area contributed by atoms with Gasteiger partial charge in [0.1, 0.15) is 0 Å². The van der Waals surface area contributed by atoms with Gasteiger partial charge >= 0.3 is 13.1 Å². The van der Waals surface area contributed by atoms with Crippen molar-refractivity contribution < 1.29 is 13.7 Å². The van der Waals surface area contributed by atoms with Crippen LogP contribution >= 0.6 is 0 Å². The molecule has 2 saturated heterocycles. The molecule has 2 aromatic rings. The fourth-order valence-electron chi connectivity index (χ4n) is 3.53. The van der Waals surface area contributed by atoms with Crippen LogP contribution in [0.1, 0.15) is 39.1 Å². The van der Waals surface area contributed by atoms with Crippen molar-refractivity contribution in [3.8, 4) is 0 Å². The van der Waals surface area contributed by atoms with Crippen LogP contribution in [0.2, 0.25) is 0 Å². The van der Waals surface area contributed by atoms with Gasteiger partial charge in [-0.05, 0) is 38.7 Å². The molecule has 0 N–H and O–H groups in total. The molecular weight excluding hydrogens is 355 g/mol. The summed E-state index contributed by atoms with van der Waals surface area (Å²) in [5.74, 6) is 0.611. The predicted octanol–water partition coefficient (Wildman–Crippen LogP) is 2.00. The summed E-state index contributed by atoms with van der Waals surface area (Å²) in [6, 6.07) is 9.22. The number of piperazine rings is 1. The first-order valence-electron chi connectivity index (χ1n) is 9.95. The lowest BCUT2D eigenvalue weighted by molar-refractivity contribution is 0.00578. The van der Waals surface area contributed by atoms with Crippen LogP contribution in [0.3, 0.4) is 0 Å². The first-order chi connectivity index (χ1) is 13.2. The average molecular weight is 384 g/mol. The molecule has 2 fully saturated rings. The highest BCUT2D eigenvalue weighted by molar-refractivity contribution is 6.62. The summed E-state index contributed by atoms with van der Waals surface area (Å²) in [5.41, 5.74) is 1.74. The van der Waals surface area contributed by atoms with Crippen molar-refractivity contribution in [2.75, 3.05) is 31.1 Å². The van der Waals surface area contributed by atoms with E-state index in [9.17, 15) is 0 Å². The van der Waals surface area contributed by atoms with E-state index >= 15 is 0 Å². The van der Waals surface area contributed by atoms with Crippen LogP contribution in [-0.2, 0) is 15.9 Å². The topological polar surface area (TPSA) is 63.9 Å². The maximum absolute atomic E-state index is 6.14. The van der Waals surface area contributed by atoms with E-state index in [-0.39, 0.29) is 18.3 Å². The van der Waals surface area contributed by atoms with Gasteiger partial charge in [-0.15, -0.1) is 5.10 Å². The highest BCUT2D eigenvalue weighted by Crippen LogP contribution is 2.36. The molecule has 3 heterocycles. The third-order valence-corrected chi connectivity index (χ3v) is 6.07. The lowest BCUT2D eigenvalue weighted by Crippen LogP contribution is -2.46. The van der Waals surface area contributed by atoms with Gasteiger partial charge in [-0.25, -0.2) is 0 Å². The normalized spacial score (nSPS) is 22.0. The van der Waals surface area contributed by atoms with E-state index in [1.807, 2.05) is 6.92 Å². The second kappa shape index (κ2) is 7.17. The van der Waals surface area contributed by atoms with E-state index in [1.165, 1.54) is 5.56 Å². The largest absolute Gasteiger partial charge is 0.494 e. The zero-order chi connectivity index (χ0) is 19.9. The highest BCUT2D eigenvalue weighted by Gasteiger charge is 2.51. The van der Waals surface area contributed by atoms with E-state index in [4.69, 9.17) is 13.7 Å². The van der Waals surface area contributed by atoms with Crippen LogP contribution in [0.15, 0.2) is 28.7 Å². The van der Waals surface area contributed by atoms with Crippen molar-refractivity contribution in [3.05, 3.63) is 35.7 Å². The Morgan fingerprint density at radius 1 is 0.929 bits per heavy atom. The molecule has 7 nitrogen and oxygen atoms in total. The molecule has 1 aromatic heterocycles. The van der Waals surface area contributed by atoms with Gasteiger partial charge in [0.15, 0.2) is 0 Å². The maximum atomic E-state index is 6.14. The van der Waals surface area contributed by atoms with Crippen LogP contribution in [0.25, 0.3) is 0 Å². The third kappa shape index (κ3) is 3.81. The van der Waals surface area contributed by atoms with Crippen molar-refractivity contribution in [3.63, 3.8) is 0 Å². The summed E-state index contributed by atoms with van der Waals surface area (Å²) in [7, 11) is -0.305. The number of aromatic nitrogens is 2. The maximum Gasteiger partial charge on any atom is 0.494 e. The monoisotopic (exact) mass is 384 g/mol. The second-order valence-corrected chi connectivity index (χ2v) is 8.70. The van der Waals surface area contributed by atoms with Gasteiger partial charge in [-0.2, -0.15) is 0 Å². The Hall–Kier alpha value is -1.90. The summed E-state index contributed by atoms with van der Waals surface area (Å²) >= 11 is 0. The van der Waals surface area contributed by atoms with Gasteiger partial charge in [0, 0.05) is 39.6 Å². The van der Waals surface area contributed by atoms with Gasteiger partial charge in [-0.1, -0.05) is 29.4 Å². The number of nitrogens with zero attached hydrogens (tertiary/aromatic N) is 4. The Morgan fingerprint density at radius 2 is 1.54 bits per heavy atom. The van der Waals surface area contributed by atoms with Gasteiger partial charge in [0.2, 0.25) is 5.89 Å².